The third-order valence-electron chi connectivity index (χ3n) is 4.23. The van der Waals surface area contributed by atoms with E-state index in [4.69, 9.17) is 0 Å². The van der Waals surface area contributed by atoms with Crippen molar-refractivity contribution in [3.63, 3.8) is 0 Å². The maximum Gasteiger partial charge on any atom is 0.213 e. The molecule has 0 saturated heterocycles. The Kier molecular flexibility index (Phi) is 4.68. The maximum atomic E-state index is 13.1. The highest BCUT2D eigenvalue weighted by Gasteiger charge is 2.28. The van der Waals surface area contributed by atoms with E-state index in [1.54, 1.807) is 12.1 Å². The van der Waals surface area contributed by atoms with E-state index in [-0.39, 0.29) is 32.1 Å². The van der Waals surface area contributed by atoms with Crippen molar-refractivity contribution in [2.45, 2.75) is 62.2 Å². The summed E-state index contributed by atoms with van der Waals surface area (Å²) in [5.41, 5.74) is 1.03. The van der Waals surface area contributed by atoms with Crippen LogP contribution in [-0.2, 0) is 20.7 Å². The molecule has 0 saturated carbocycles. The second-order valence-electron chi connectivity index (χ2n) is 8.37. The van der Waals surface area contributed by atoms with Crippen LogP contribution in [0.25, 0.3) is 0 Å². The van der Waals surface area contributed by atoms with Gasteiger partial charge in [-0.15, -0.1) is 0 Å². The number of phenolic OH excluding ortho intramolecular Hbond substituents is 2. The summed E-state index contributed by atoms with van der Waals surface area (Å²) in [5.74, 6) is -0.651. The average molecular weight is 362 g/mol. The zero-order chi connectivity index (χ0) is 19.2. The summed E-state index contributed by atoms with van der Waals surface area (Å²) in [6.07, 6.45) is 0. The van der Waals surface area contributed by atoms with Gasteiger partial charge in [0.05, 0.1) is 0 Å². The molecule has 0 aromatic heterocycles. The van der Waals surface area contributed by atoms with Crippen molar-refractivity contribution in [3.8, 4) is 11.5 Å². The quantitative estimate of drug-likeness (QED) is 0.823. The van der Waals surface area contributed by atoms with Gasteiger partial charge in [0.1, 0.15) is 21.3 Å². The molecule has 2 aromatic rings. The Bertz CT molecular complexity index is 829. The molecule has 0 amide bonds. The van der Waals surface area contributed by atoms with Gasteiger partial charge in [0.2, 0.25) is 9.84 Å². The average Bonchev–Trinajstić information content (AvgIpc) is 2.45. The minimum absolute atomic E-state index is 0.193. The number of hydrogen-bond donors (Lipinski definition) is 2. The van der Waals surface area contributed by atoms with Gasteiger partial charge in [0.25, 0.3) is 0 Å². The van der Waals surface area contributed by atoms with Crippen LogP contribution in [0.5, 0.6) is 11.5 Å². The van der Waals surface area contributed by atoms with Gasteiger partial charge in [0.15, 0.2) is 0 Å². The van der Waals surface area contributed by atoms with E-state index in [9.17, 15) is 18.6 Å². The minimum atomic E-state index is -4.07. The first kappa shape index (κ1) is 19.3. The molecule has 0 unspecified atom stereocenters. The number of benzene rings is 2. The van der Waals surface area contributed by atoms with E-state index >= 15 is 0 Å². The Hall–Kier alpha value is -2.01. The van der Waals surface area contributed by atoms with Gasteiger partial charge in [-0.3, -0.25) is 0 Å². The molecule has 0 aliphatic carbocycles. The van der Waals surface area contributed by atoms with Crippen molar-refractivity contribution in [1.82, 2.24) is 0 Å². The fourth-order valence-electron chi connectivity index (χ4n) is 2.51. The van der Waals surface area contributed by atoms with E-state index in [1.807, 2.05) is 41.5 Å². The van der Waals surface area contributed by atoms with E-state index < -0.39 is 9.84 Å². The SMILES string of the molecule is CC(C)(C)c1ccc(O)c(S(=O)(=O)c2cc(C(C)(C)C)ccc2O)c1. The third kappa shape index (κ3) is 3.82. The first-order valence-electron chi connectivity index (χ1n) is 8.16. The summed E-state index contributed by atoms with van der Waals surface area (Å²) >= 11 is 0. The standard InChI is InChI=1S/C20H26O4S/c1-19(2,3)13-7-9-15(21)17(11-13)25(23,24)18-12-14(20(4,5)6)8-10-16(18)22/h7-12,21-22H,1-6H3. The van der Waals surface area contributed by atoms with Gasteiger partial charge in [0, 0.05) is 0 Å². The molecule has 136 valence electrons. The van der Waals surface area contributed by atoms with Crippen molar-refractivity contribution in [1.29, 1.82) is 0 Å². The highest BCUT2D eigenvalue weighted by atomic mass is 32.2. The first-order chi connectivity index (χ1) is 11.2. The lowest BCUT2D eigenvalue weighted by atomic mass is 9.87. The predicted molar refractivity (Wildman–Crippen MR) is 99.1 cm³/mol. The van der Waals surface area contributed by atoms with Crippen LogP contribution in [0, 0.1) is 0 Å². The fraction of sp³-hybridized carbons (Fsp3) is 0.400. The molecule has 2 rings (SSSR count). The van der Waals surface area contributed by atoms with Crippen molar-refractivity contribution in [3.05, 3.63) is 47.5 Å². The van der Waals surface area contributed by atoms with Gasteiger partial charge in [-0.25, -0.2) is 8.42 Å². The van der Waals surface area contributed by atoms with Crippen molar-refractivity contribution >= 4 is 9.84 Å². The molecule has 0 aliphatic rings. The first-order valence-corrected chi connectivity index (χ1v) is 9.65. The van der Waals surface area contributed by atoms with E-state index in [1.165, 1.54) is 24.3 Å². The van der Waals surface area contributed by atoms with Crippen molar-refractivity contribution in [2.24, 2.45) is 0 Å². The van der Waals surface area contributed by atoms with Gasteiger partial charge in [-0.05, 0) is 46.2 Å². The van der Waals surface area contributed by atoms with Gasteiger partial charge in [-0.1, -0.05) is 53.7 Å². The second kappa shape index (κ2) is 6.06. The van der Waals surface area contributed by atoms with Gasteiger partial charge in [-0.2, -0.15) is 0 Å². The molecule has 4 nitrogen and oxygen atoms in total. The lowest BCUT2D eigenvalue weighted by Gasteiger charge is -2.22. The summed E-state index contributed by atoms with van der Waals surface area (Å²) < 4.78 is 26.2. The number of sulfone groups is 1. The van der Waals surface area contributed by atoms with Gasteiger partial charge < -0.3 is 10.2 Å². The molecule has 0 aliphatic heterocycles. The summed E-state index contributed by atoms with van der Waals surface area (Å²) in [5, 5.41) is 20.3. The Labute approximate surface area is 150 Å². The molecule has 0 fully saturated rings. The number of aromatic hydroxyl groups is 2. The number of rotatable bonds is 2. The molecule has 0 radical (unpaired) electrons. The monoisotopic (exact) mass is 362 g/mol. The Morgan fingerprint density at radius 3 is 1.28 bits per heavy atom. The zero-order valence-electron chi connectivity index (χ0n) is 15.6. The second-order valence-corrected chi connectivity index (χ2v) is 10.3. The van der Waals surface area contributed by atoms with Crippen molar-refractivity contribution in [2.75, 3.05) is 0 Å². The number of hydrogen-bond acceptors (Lipinski definition) is 4. The van der Waals surface area contributed by atoms with E-state index in [0.717, 1.165) is 11.1 Å². The van der Waals surface area contributed by atoms with Crippen LogP contribution in [0.1, 0.15) is 52.7 Å². The summed E-state index contributed by atoms with van der Waals surface area (Å²) in [4.78, 5) is -0.387. The molecule has 5 heteroatoms. The largest absolute Gasteiger partial charge is 0.507 e. The highest BCUT2D eigenvalue weighted by Crippen LogP contribution is 2.38. The summed E-state index contributed by atoms with van der Waals surface area (Å²) in [7, 11) is -4.07. The predicted octanol–water partition coefficient (Wildman–Crippen LogP) is 4.53. The molecule has 0 atom stereocenters. The molecule has 0 bridgehead atoms. The minimum Gasteiger partial charge on any atom is -0.507 e. The molecule has 0 spiro atoms. The van der Waals surface area contributed by atoms with Crippen LogP contribution in [0.4, 0.5) is 0 Å². The summed E-state index contributed by atoms with van der Waals surface area (Å²) in [6.45, 7) is 11.8. The normalized spacial score (nSPS) is 13.0. The molecular formula is C20H26O4S. The molecule has 2 N–H and O–H groups in total. The topological polar surface area (TPSA) is 74.6 Å². The molecular weight excluding hydrogens is 336 g/mol. The van der Waals surface area contributed by atoms with Crippen LogP contribution >= 0.6 is 0 Å². The van der Waals surface area contributed by atoms with Crippen molar-refractivity contribution < 1.29 is 18.6 Å². The Morgan fingerprint density at radius 1 is 0.680 bits per heavy atom. The van der Waals surface area contributed by atoms with Crippen LogP contribution in [0.3, 0.4) is 0 Å². The van der Waals surface area contributed by atoms with E-state index in [2.05, 4.69) is 0 Å². The maximum absolute atomic E-state index is 13.1. The summed E-state index contributed by atoms with van der Waals surface area (Å²) in [6, 6.07) is 9.15. The lowest BCUT2D eigenvalue weighted by molar-refractivity contribution is 0.451. The highest BCUT2D eigenvalue weighted by molar-refractivity contribution is 7.91. The van der Waals surface area contributed by atoms with Crippen LogP contribution in [0.2, 0.25) is 0 Å². The van der Waals surface area contributed by atoms with E-state index in [0.29, 0.717) is 0 Å². The Balaban J connectivity index is 2.72. The molecule has 25 heavy (non-hydrogen) atoms. The van der Waals surface area contributed by atoms with Crippen LogP contribution in [0.15, 0.2) is 46.2 Å². The number of phenols is 2. The Morgan fingerprint density at radius 2 is 1.00 bits per heavy atom. The third-order valence-corrected chi connectivity index (χ3v) is 6.04. The van der Waals surface area contributed by atoms with Gasteiger partial charge >= 0.3 is 0 Å². The lowest BCUT2D eigenvalue weighted by Crippen LogP contribution is -2.14. The van der Waals surface area contributed by atoms with Crippen LogP contribution in [-0.4, -0.2) is 18.6 Å². The fourth-order valence-corrected chi connectivity index (χ4v) is 4.00. The zero-order valence-corrected chi connectivity index (χ0v) is 16.4. The van der Waals surface area contributed by atoms with Crippen LogP contribution < -0.4 is 0 Å². The molecule has 0 heterocycles. The molecule has 2 aromatic carbocycles. The smallest absolute Gasteiger partial charge is 0.213 e.